The second-order valence-corrected chi connectivity index (χ2v) is 6.16. The van der Waals surface area contributed by atoms with Crippen LogP contribution in [0, 0.1) is 5.92 Å². The van der Waals surface area contributed by atoms with Gasteiger partial charge in [0.25, 0.3) is 0 Å². The van der Waals surface area contributed by atoms with Crippen LogP contribution < -0.4 is 5.32 Å². The second kappa shape index (κ2) is 6.79. The Morgan fingerprint density at radius 3 is 2.28 bits per heavy atom. The van der Waals surface area contributed by atoms with Crippen molar-refractivity contribution in [1.29, 1.82) is 0 Å². The largest absolute Gasteiger partial charge is 0.313 e. The zero-order valence-electron chi connectivity index (χ0n) is 10.9. The Bertz CT molecular complexity index is 366. The molecular weight excluding hydrogens is 265 g/mol. The Balaban J connectivity index is 2.06. The fourth-order valence-electron chi connectivity index (χ4n) is 2.95. The summed E-state index contributed by atoms with van der Waals surface area (Å²) in [5.74, 6) is 0.842. The number of nitrogens with one attached hydrogen (secondary N) is 1. The molecule has 1 aliphatic carbocycles. The van der Waals surface area contributed by atoms with E-state index in [9.17, 15) is 0 Å². The first kappa shape index (κ1) is 14.2. The van der Waals surface area contributed by atoms with E-state index in [1.165, 1.54) is 44.1 Å². The first-order valence-electron chi connectivity index (χ1n) is 6.82. The Morgan fingerprint density at radius 1 is 1.11 bits per heavy atom. The van der Waals surface area contributed by atoms with Gasteiger partial charge in [0.15, 0.2) is 0 Å². The minimum Gasteiger partial charge on any atom is -0.313 e. The van der Waals surface area contributed by atoms with Crippen LogP contribution in [0.15, 0.2) is 18.2 Å². The summed E-state index contributed by atoms with van der Waals surface area (Å²) in [6, 6.07) is 6.21. The average molecular weight is 286 g/mol. The normalized spacial score (nSPS) is 18.8. The van der Waals surface area contributed by atoms with Gasteiger partial charge in [-0.3, -0.25) is 0 Å². The molecule has 1 aromatic carbocycles. The SMILES string of the molecule is CNC(CC1CCCCC1)c1cc(Cl)cc(Cl)c1. The lowest BCUT2D eigenvalue weighted by atomic mass is 9.83. The van der Waals surface area contributed by atoms with E-state index in [4.69, 9.17) is 23.2 Å². The maximum atomic E-state index is 6.08. The second-order valence-electron chi connectivity index (χ2n) is 5.28. The topological polar surface area (TPSA) is 12.0 Å². The first-order valence-corrected chi connectivity index (χ1v) is 7.58. The number of halogens is 2. The van der Waals surface area contributed by atoms with E-state index in [2.05, 4.69) is 5.32 Å². The standard InChI is InChI=1S/C15H21Cl2N/c1-18-15(7-11-5-3-2-4-6-11)12-8-13(16)10-14(17)9-12/h8-11,15,18H,2-7H2,1H3. The molecule has 18 heavy (non-hydrogen) atoms. The lowest BCUT2D eigenvalue weighted by molar-refractivity contribution is 0.306. The van der Waals surface area contributed by atoms with Crippen LogP contribution in [-0.4, -0.2) is 7.05 Å². The average Bonchev–Trinajstić information content (AvgIpc) is 2.36. The van der Waals surface area contributed by atoms with Crippen LogP contribution in [0.5, 0.6) is 0 Å². The molecule has 1 aliphatic rings. The third kappa shape index (κ3) is 3.88. The molecule has 1 N–H and O–H groups in total. The van der Waals surface area contributed by atoms with Crippen molar-refractivity contribution in [2.24, 2.45) is 5.92 Å². The third-order valence-corrected chi connectivity index (χ3v) is 4.37. The lowest BCUT2D eigenvalue weighted by Gasteiger charge is -2.26. The van der Waals surface area contributed by atoms with E-state index in [0.717, 1.165) is 16.0 Å². The van der Waals surface area contributed by atoms with Gasteiger partial charge in [0, 0.05) is 16.1 Å². The summed E-state index contributed by atoms with van der Waals surface area (Å²) >= 11 is 12.2. The highest BCUT2D eigenvalue weighted by atomic mass is 35.5. The van der Waals surface area contributed by atoms with Gasteiger partial charge in [-0.2, -0.15) is 0 Å². The molecule has 0 aliphatic heterocycles. The fourth-order valence-corrected chi connectivity index (χ4v) is 3.50. The van der Waals surface area contributed by atoms with Crippen LogP contribution >= 0.6 is 23.2 Å². The number of benzene rings is 1. The molecule has 1 unspecified atom stereocenters. The fraction of sp³-hybridized carbons (Fsp3) is 0.600. The van der Waals surface area contributed by atoms with Crippen LogP contribution in [0.2, 0.25) is 10.0 Å². The molecule has 1 fully saturated rings. The third-order valence-electron chi connectivity index (χ3n) is 3.93. The highest BCUT2D eigenvalue weighted by Crippen LogP contribution is 2.33. The molecule has 1 saturated carbocycles. The molecule has 0 radical (unpaired) electrons. The van der Waals surface area contributed by atoms with Crippen LogP contribution in [-0.2, 0) is 0 Å². The van der Waals surface area contributed by atoms with E-state index in [1.807, 2.05) is 19.2 Å². The van der Waals surface area contributed by atoms with Crippen LogP contribution in [0.1, 0.15) is 50.1 Å². The van der Waals surface area contributed by atoms with Crippen molar-refractivity contribution in [3.05, 3.63) is 33.8 Å². The Hall–Kier alpha value is -0.240. The number of rotatable bonds is 4. The molecule has 0 heterocycles. The molecule has 0 saturated heterocycles. The molecule has 0 spiro atoms. The predicted molar refractivity (Wildman–Crippen MR) is 79.5 cm³/mol. The molecule has 3 heteroatoms. The monoisotopic (exact) mass is 285 g/mol. The molecule has 1 atom stereocenters. The zero-order chi connectivity index (χ0) is 13.0. The van der Waals surface area contributed by atoms with Crippen LogP contribution in [0.4, 0.5) is 0 Å². The van der Waals surface area contributed by atoms with Gasteiger partial charge in [-0.1, -0.05) is 55.3 Å². The number of hydrogen-bond donors (Lipinski definition) is 1. The van der Waals surface area contributed by atoms with Gasteiger partial charge in [-0.05, 0) is 43.1 Å². The predicted octanol–water partition coefficient (Wildman–Crippen LogP) is 5.22. The van der Waals surface area contributed by atoms with E-state index >= 15 is 0 Å². The van der Waals surface area contributed by atoms with Crippen LogP contribution in [0.3, 0.4) is 0 Å². The summed E-state index contributed by atoms with van der Waals surface area (Å²) in [6.07, 6.45) is 8.10. The summed E-state index contributed by atoms with van der Waals surface area (Å²) in [6.45, 7) is 0. The Morgan fingerprint density at radius 2 is 1.72 bits per heavy atom. The van der Waals surface area contributed by atoms with Gasteiger partial charge < -0.3 is 5.32 Å². The maximum Gasteiger partial charge on any atom is 0.0424 e. The van der Waals surface area contributed by atoms with Gasteiger partial charge in [0.1, 0.15) is 0 Å². The van der Waals surface area contributed by atoms with Crippen molar-refractivity contribution < 1.29 is 0 Å². The van der Waals surface area contributed by atoms with Crippen molar-refractivity contribution in [1.82, 2.24) is 5.32 Å². The zero-order valence-corrected chi connectivity index (χ0v) is 12.4. The van der Waals surface area contributed by atoms with Gasteiger partial charge in [-0.15, -0.1) is 0 Å². The summed E-state index contributed by atoms with van der Waals surface area (Å²) < 4.78 is 0. The highest BCUT2D eigenvalue weighted by molar-refractivity contribution is 6.34. The molecule has 0 aromatic heterocycles. The van der Waals surface area contributed by atoms with Crippen molar-refractivity contribution in [2.45, 2.75) is 44.6 Å². The van der Waals surface area contributed by atoms with Gasteiger partial charge in [-0.25, -0.2) is 0 Å². The van der Waals surface area contributed by atoms with Gasteiger partial charge in [0.2, 0.25) is 0 Å². The van der Waals surface area contributed by atoms with E-state index < -0.39 is 0 Å². The molecule has 1 aromatic rings. The quantitative estimate of drug-likeness (QED) is 0.799. The smallest absolute Gasteiger partial charge is 0.0424 e. The van der Waals surface area contributed by atoms with Crippen LogP contribution in [0.25, 0.3) is 0 Å². The van der Waals surface area contributed by atoms with Gasteiger partial charge >= 0.3 is 0 Å². The summed E-state index contributed by atoms with van der Waals surface area (Å²) in [7, 11) is 2.02. The molecule has 0 amide bonds. The minimum absolute atomic E-state index is 0.365. The van der Waals surface area contributed by atoms with Crippen molar-refractivity contribution >= 4 is 23.2 Å². The van der Waals surface area contributed by atoms with Crippen molar-refractivity contribution in [2.75, 3.05) is 7.05 Å². The summed E-state index contributed by atoms with van der Waals surface area (Å²) in [4.78, 5) is 0. The van der Waals surface area contributed by atoms with E-state index in [1.54, 1.807) is 6.07 Å². The van der Waals surface area contributed by atoms with E-state index in [-0.39, 0.29) is 0 Å². The molecule has 2 rings (SSSR count). The highest BCUT2D eigenvalue weighted by Gasteiger charge is 2.19. The lowest BCUT2D eigenvalue weighted by Crippen LogP contribution is -2.21. The molecule has 0 bridgehead atoms. The summed E-state index contributed by atoms with van der Waals surface area (Å²) in [5, 5.41) is 4.85. The Labute approximate surface area is 120 Å². The minimum atomic E-state index is 0.365. The Kier molecular flexibility index (Phi) is 5.35. The molecular formula is C15H21Cl2N. The van der Waals surface area contributed by atoms with E-state index in [0.29, 0.717) is 6.04 Å². The molecule has 100 valence electrons. The number of hydrogen-bond acceptors (Lipinski definition) is 1. The molecule has 1 nitrogen and oxygen atoms in total. The van der Waals surface area contributed by atoms with Gasteiger partial charge in [0.05, 0.1) is 0 Å². The van der Waals surface area contributed by atoms with Crippen molar-refractivity contribution in [3.8, 4) is 0 Å². The maximum absolute atomic E-state index is 6.08. The summed E-state index contributed by atoms with van der Waals surface area (Å²) in [5.41, 5.74) is 1.21. The van der Waals surface area contributed by atoms with Crippen molar-refractivity contribution in [3.63, 3.8) is 0 Å². The first-order chi connectivity index (χ1) is 8.69.